The third-order valence-corrected chi connectivity index (χ3v) is 1.91. The van der Waals surface area contributed by atoms with Crippen molar-refractivity contribution in [3.8, 4) is 0 Å². The summed E-state index contributed by atoms with van der Waals surface area (Å²) in [6.45, 7) is 5.43. The molecule has 1 N–H and O–H groups in total. The summed E-state index contributed by atoms with van der Waals surface area (Å²) < 4.78 is 0. The maximum absolute atomic E-state index is 11.3. The number of rotatable bonds is 1. The number of ketones is 1. The van der Waals surface area contributed by atoms with Gasteiger partial charge in [0.2, 0.25) is 0 Å². The van der Waals surface area contributed by atoms with Gasteiger partial charge in [-0.1, -0.05) is 13.8 Å². The molecule has 0 bridgehead atoms. The summed E-state index contributed by atoms with van der Waals surface area (Å²) in [6.07, 6.45) is 2.69. The summed E-state index contributed by atoms with van der Waals surface area (Å²) in [5, 5.41) is 0. The summed E-state index contributed by atoms with van der Waals surface area (Å²) >= 11 is 0. The molecule has 2 aromatic heterocycles. The number of fused-ring (bicyclic) bond motifs is 1. The van der Waals surface area contributed by atoms with Gasteiger partial charge < -0.3 is 4.98 Å². The number of pyridine rings is 1. The van der Waals surface area contributed by atoms with Crippen molar-refractivity contribution in [2.75, 3.05) is 0 Å². The molecule has 16 heavy (non-hydrogen) atoms. The van der Waals surface area contributed by atoms with Gasteiger partial charge in [-0.05, 0) is 13.0 Å². The van der Waals surface area contributed by atoms with Gasteiger partial charge in [0.15, 0.2) is 11.3 Å². The first-order valence-electron chi connectivity index (χ1n) is 5.03. The van der Waals surface area contributed by atoms with Crippen molar-refractivity contribution in [2.45, 2.75) is 20.8 Å². The number of hydrogen-bond acceptors (Lipinski definition) is 4. The highest BCUT2D eigenvalue weighted by Gasteiger charge is 2.08. The van der Waals surface area contributed by atoms with E-state index in [-0.39, 0.29) is 16.9 Å². The van der Waals surface area contributed by atoms with E-state index in [2.05, 4.69) is 15.0 Å². The van der Waals surface area contributed by atoms with E-state index >= 15 is 0 Å². The standard InChI is InChI=1S/C9H7N3O2.C2H6/c1-5(13)6-2-3-10-8-7(6)11-4-12-9(8)14;1-2/h2-4H,1H3,(H,11,12,14);1-2H3. The lowest BCUT2D eigenvalue weighted by Gasteiger charge is -1.98. The molecule has 0 atom stereocenters. The number of hydrogen-bond donors (Lipinski definition) is 1. The highest BCUT2D eigenvalue weighted by Crippen LogP contribution is 2.09. The Labute approximate surface area is 92.6 Å². The predicted molar refractivity (Wildman–Crippen MR) is 61.5 cm³/mol. The average Bonchev–Trinajstić information content (AvgIpc) is 2.31. The summed E-state index contributed by atoms with van der Waals surface area (Å²) in [5.74, 6) is -0.129. The van der Waals surface area contributed by atoms with Gasteiger partial charge in [0.05, 0.1) is 6.33 Å². The Balaban J connectivity index is 0.000000606. The zero-order chi connectivity index (χ0) is 12.1. The Morgan fingerprint density at radius 2 is 1.94 bits per heavy atom. The van der Waals surface area contributed by atoms with Crippen molar-refractivity contribution >= 4 is 16.8 Å². The minimum absolute atomic E-state index is 0.129. The van der Waals surface area contributed by atoms with E-state index in [1.54, 1.807) is 6.07 Å². The zero-order valence-electron chi connectivity index (χ0n) is 9.44. The fourth-order valence-corrected chi connectivity index (χ4v) is 1.26. The van der Waals surface area contributed by atoms with Crippen LogP contribution in [0.5, 0.6) is 0 Å². The Bertz CT molecular complexity index is 560. The van der Waals surface area contributed by atoms with Gasteiger partial charge in [0.1, 0.15) is 5.52 Å². The lowest BCUT2D eigenvalue weighted by atomic mass is 10.1. The van der Waals surface area contributed by atoms with E-state index in [0.717, 1.165) is 0 Å². The second-order valence-corrected chi connectivity index (χ2v) is 2.84. The Hall–Kier alpha value is -2.04. The normalized spacial score (nSPS) is 9.44. The third kappa shape index (κ3) is 2.13. The molecule has 2 rings (SSSR count). The second-order valence-electron chi connectivity index (χ2n) is 2.84. The van der Waals surface area contributed by atoms with Gasteiger partial charge in [-0.3, -0.25) is 9.59 Å². The molecule has 0 radical (unpaired) electrons. The van der Waals surface area contributed by atoms with Gasteiger partial charge in [-0.15, -0.1) is 0 Å². The molecule has 0 unspecified atom stereocenters. The fraction of sp³-hybridized carbons (Fsp3) is 0.273. The smallest absolute Gasteiger partial charge is 0.277 e. The molecule has 5 nitrogen and oxygen atoms in total. The second kappa shape index (κ2) is 5.16. The van der Waals surface area contributed by atoms with Gasteiger partial charge in [0, 0.05) is 11.8 Å². The first kappa shape index (κ1) is 12.0. The van der Waals surface area contributed by atoms with Crippen LogP contribution in [0.25, 0.3) is 11.0 Å². The largest absolute Gasteiger partial charge is 0.311 e. The average molecular weight is 219 g/mol. The van der Waals surface area contributed by atoms with Crippen LogP contribution in [0.2, 0.25) is 0 Å². The highest BCUT2D eigenvalue weighted by molar-refractivity contribution is 6.04. The number of aromatic amines is 1. The van der Waals surface area contributed by atoms with E-state index < -0.39 is 0 Å². The highest BCUT2D eigenvalue weighted by atomic mass is 16.1. The molecular formula is C11H13N3O2. The molecule has 0 spiro atoms. The van der Waals surface area contributed by atoms with Crippen LogP contribution in [0, 0.1) is 0 Å². The van der Waals surface area contributed by atoms with Gasteiger partial charge in [0.25, 0.3) is 5.56 Å². The van der Waals surface area contributed by atoms with E-state index in [9.17, 15) is 9.59 Å². The zero-order valence-corrected chi connectivity index (χ0v) is 9.44. The quantitative estimate of drug-likeness (QED) is 0.738. The molecule has 84 valence electrons. The van der Waals surface area contributed by atoms with Crippen molar-refractivity contribution in [2.24, 2.45) is 0 Å². The van der Waals surface area contributed by atoms with E-state index in [4.69, 9.17) is 0 Å². The van der Waals surface area contributed by atoms with Crippen molar-refractivity contribution in [3.63, 3.8) is 0 Å². The molecule has 0 saturated carbocycles. The van der Waals surface area contributed by atoms with Gasteiger partial charge >= 0.3 is 0 Å². The predicted octanol–water partition coefficient (Wildman–Crippen LogP) is 1.55. The van der Waals surface area contributed by atoms with Crippen molar-refractivity contribution < 1.29 is 4.79 Å². The number of Topliss-reactive ketones (excluding diaryl/α,β-unsaturated/α-hetero) is 1. The molecule has 2 aromatic rings. The van der Waals surface area contributed by atoms with Crippen molar-refractivity contribution in [1.82, 2.24) is 15.0 Å². The number of carbonyl (C=O) groups is 1. The number of aromatic nitrogens is 3. The number of nitrogens with one attached hydrogen (secondary N) is 1. The minimum atomic E-state index is -0.335. The first-order chi connectivity index (χ1) is 7.70. The van der Waals surface area contributed by atoms with Crippen LogP contribution in [-0.2, 0) is 0 Å². The monoisotopic (exact) mass is 219 g/mol. The lowest BCUT2D eigenvalue weighted by Crippen LogP contribution is -2.10. The van der Waals surface area contributed by atoms with Gasteiger partial charge in [-0.25, -0.2) is 9.97 Å². The van der Waals surface area contributed by atoms with Crippen LogP contribution >= 0.6 is 0 Å². The minimum Gasteiger partial charge on any atom is -0.311 e. The van der Waals surface area contributed by atoms with Crippen LogP contribution < -0.4 is 5.56 Å². The summed E-state index contributed by atoms with van der Waals surface area (Å²) in [6, 6.07) is 1.55. The van der Waals surface area contributed by atoms with Crippen LogP contribution in [0.4, 0.5) is 0 Å². The molecule has 0 amide bonds. The molecule has 0 aromatic carbocycles. The SMILES string of the molecule is CC.CC(=O)c1ccnc2c(=O)[nH]cnc12. The Morgan fingerprint density at radius 3 is 2.56 bits per heavy atom. The molecule has 0 saturated heterocycles. The van der Waals surface area contributed by atoms with Crippen molar-refractivity contribution in [1.29, 1.82) is 0 Å². The van der Waals surface area contributed by atoms with Crippen LogP contribution in [0.3, 0.4) is 0 Å². The van der Waals surface area contributed by atoms with Crippen LogP contribution in [0.1, 0.15) is 31.1 Å². The third-order valence-electron chi connectivity index (χ3n) is 1.91. The molecule has 0 aliphatic rings. The van der Waals surface area contributed by atoms with Crippen molar-refractivity contribution in [3.05, 3.63) is 34.5 Å². The van der Waals surface area contributed by atoms with Gasteiger partial charge in [-0.2, -0.15) is 0 Å². The fourth-order valence-electron chi connectivity index (χ4n) is 1.26. The van der Waals surface area contributed by atoms with E-state index in [0.29, 0.717) is 11.1 Å². The van der Waals surface area contributed by atoms with Crippen LogP contribution in [0.15, 0.2) is 23.4 Å². The van der Waals surface area contributed by atoms with E-state index in [1.165, 1.54) is 19.4 Å². The van der Waals surface area contributed by atoms with Crippen LogP contribution in [-0.4, -0.2) is 20.7 Å². The number of carbonyl (C=O) groups excluding carboxylic acids is 1. The molecule has 0 fully saturated rings. The summed E-state index contributed by atoms with van der Waals surface area (Å²) in [5.41, 5.74) is 0.628. The Kier molecular flexibility index (Phi) is 3.88. The number of H-pyrrole nitrogens is 1. The van der Waals surface area contributed by atoms with E-state index in [1.807, 2.05) is 13.8 Å². The topological polar surface area (TPSA) is 75.7 Å². The molecule has 5 heteroatoms. The molecular weight excluding hydrogens is 206 g/mol. The Morgan fingerprint density at radius 1 is 1.25 bits per heavy atom. The first-order valence-corrected chi connectivity index (χ1v) is 5.03. The molecule has 2 heterocycles. The maximum atomic E-state index is 11.3. The lowest BCUT2D eigenvalue weighted by molar-refractivity contribution is 0.101. The summed E-state index contributed by atoms with van der Waals surface area (Å²) in [7, 11) is 0. The summed E-state index contributed by atoms with van der Waals surface area (Å²) in [4.78, 5) is 32.7. The molecule has 0 aliphatic carbocycles. The maximum Gasteiger partial charge on any atom is 0.277 e. The number of nitrogens with zero attached hydrogens (tertiary/aromatic N) is 2. The molecule has 0 aliphatic heterocycles.